The fourth-order valence-electron chi connectivity index (χ4n) is 1.83. The molecule has 17 heavy (non-hydrogen) atoms. The van der Waals surface area contributed by atoms with Crippen molar-refractivity contribution in [1.29, 1.82) is 0 Å². The summed E-state index contributed by atoms with van der Waals surface area (Å²) in [7, 11) is 1.63. The number of aliphatic hydroxyl groups is 1. The highest BCUT2D eigenvalue weighted by Crippen LogP contribution is 2.21. The Kier molecular flexibility index (Phi) is 4.72. The van der Waals surface area contributed by atoms with Crippen molar-refractivity contribution in [2.75, 3.05) is 7.11 Å². The molecule has 0 saturated carbocycles. The zero-order valence-electron chi connectivity index (χ0n) is 11.5. The van der Waals surface area contributed by atoms with Gasteiger partial charge in [-0.2, -0.15) is 0 Å². The quantitative estimate of drug-likeness (QED) is 0.851. The Hall–Kier alpha value is -0.860. The van der Waals surface area contributed by atoms with E-state index in [2.05, 4.69) is 38.1 Å². The Labute approximate surface area is 105 Å². The van der Waals surface area contributed by atoms with E-state index in [1.165, 1.54) is 5.56 Å². The van der Waals surface area contributed by atoms with Crippen molar-refractivity contribution in [3.05, 3.63) is 35.4 Å². The van der Waals surface area contributed by atoms with Crippen molar-refractivity contribution < 1.29 is 9.84 Å². The largest absolute Gasteiger partial charge is 0.387 e. The van der Waals surface area contributed by atoms with Crippen molar-refractivity contribution >= 4 is 0 Å². The molecule has 2 nitrogen and oxygen atoms in total. The summed E-state index contributed by atoms with van der Waals surface area (Å²) >= 11 is 0. The van der Waals surface area contributed by atoms with E-state index in [9.17, 15) is 5.11 Å². The van der Waals surface area contributed by atoms with Gasteiger partial charge in [0.1, 0.15) is 0 Å². The number of methoxy groups -OCH3 is 1. The van der Waals surface area contributed by atoms with Crippen molar-refractivity contribution in [3.8, 4) is 0 Å². The normalized spacial score (nSPS) is 16.9. The van der Waals surface area contributed by atoms with Crippen LogP contribution >= 0.6 is 0 Å². The molecule has 0 heterocycles. The van der Waals surface area contributed by atoms with Crippen LogP contribution in [0.5, 0.6) is 0 Å². The van der Waals surface area contributed by atoms with E-state index < -0.39 is 5.60 Å². The highest BCUT2D eigenvalue weighted by atomic mass is 16.5. The average molecular weight is 236 g/mol. The van der Waals surface area contributed by atoms with Gasteiger partial charge in [-0.1, -0.05) is 38.1 Å². The minimum atomic E-state index is -0.825. The first-order valence-corrected chi connectivity index (χ1v) is 6.21. The van der Waals surface area contributed by atoms with Gasteiger partial charge in [0, 0.05) is 13.5 Å². The highest BCUT2D eigenvalue weighted by Gasteiger charge is 2.28. The molecule has 0 amide bonds. The molecule has 96 valence electrons. The van der Waals surface area contributed by atoms with Crippen LogP contribution in [0.3, 0.4) is 0 Å². The lowest BCUT2D eigenvalue weighted by Crippen LogP contribution is -2.40. The second kappa shape index (κ2) is 5.65. The van der Waals surface area contributed by atoms with Crippen molar-refractivity contribution in [3.63, 3.8) is 0 Å². The summed E-state index contributed by atoms with van der Waals surface area (Å²) in [6.45, 7) is 8.07. The van der Waals surface area contributed by atoms with Gasteiger partial charge in [0.15, 0.2) is 0 Å². The van der Waals surface area contributed by atoms with Crippen LogP contribution in [-0.2, 0) is 11.2 Å². The van der Waals surface area contributed by atoms with Gasteiger partial charge in [0.25, 0.3) is 0 Å². The van der Waals surface area contributed by atoms with Gasteiger partial charge in [0.2, 0.25) is 0 Å². The van der Waals surface area contributed by atoms with Crippen molar-refractivity contribution in [2.24, 2.45) is 0 Å². The van der Waals surface area contributed by atoms with E-state index in [0.29, 0.717) is 12.3 Å². The Balaban J connectivity index is 2.75. The van der Waals surface area contributed by atoms with Crippen LogP contribution in [0, 0.1) is 0 Å². The summed E-state index contributed by atoms with van der Waals surface area (Å²) in [5, 5.41) is 10.3. The molecule has 1 N–H and O–H groups in total. The third-order valence-electron chi connectivity index (χ3n) is 3.44. The van der Waals surface area contributed by atoms with E-state index in [1.807, 2.05) is 13.8 Å². The standard InChI is InChI=1S/C15H24O2/c1-11(2)14-8-6-13(7-9-14)10-15(4,16)12(3)17-5/h6-9,11-12,16H,10H2,1-5H3. The van der Waals surface area contributed by atoms with E-state index in [-0.39, 0.29) is 6.10 Å². The van der Waals surface area contributed by atoms with Gasteiger partial charge < -0.3 is 9.84 Å². The zero-order valence-corrected chi connectivity index (χ0v) is 11.5. The molecule has 0 radical (unpaired) electrons. The molecule has 1 rings (SSSR count). The van der Waals surface area contributed by atoms with Crippen LogP contribution in [0.2, 0.25) is 0 Å². The van der Waals surface area contributed by atoms with Gasteiger partial charge in [0.05, 0.1) is 11.7 Å². The first-order valence-electron chi connectivity index (χ1n) is 6.21. The summed E-state index contributed by atoms with van der Waals surface area (Å²) in [6.07, 6.45) is 0.438. The molecular formula is C15H24O2. The Morgan fingerprint density at radius 2 is 1.71 bits per heavy atom. The SMILES string of the molecule is COC(C)C(C)(O)Cc1ccc(C(C)C)cc1. The van der Waals surface area contributed by atoms with Crippen LogP contribution in [0.1, 0.15) is 44.7 Å². The predicted octanol–water partition coefficient (Wildman–Crippen LogP) is 3.14. The van der Waals surface area contributed by atoms with Gasteiger partial charge in [-0.05, 0) is 30.9 Å². The molecule has 0 saturated heterocycles. The number of hydrogen-bond donors (Lipinski definition) is 1. The monoisotopic (exact) mass is 236 g/mol. The molecule has 0 fully saturated rings. The van der Waals surface area contributed by atoms with Crippen LogP contribution in [0.4, 0.5) is 0 Å². The molecule has 2 atom stereocenters. The van der Waals surface area contributed by atoms with E-state index in [1.54, 1.807) is 7.11 Å². The highest BCUT2D eigenvalue weighted by molar-refractivity contribution is 5.25. The molecule has 2 heteroatoms. The van der Waals surface area contributed by atoms with E-state index in [4.69, 9.17) is 4.74 Å². The first kappa shape index (κ1) is 14.2. The van der Waals surface area contributed by atoms with Crippen LogP contribution < -0.4 is 0 Å². The maximum atomic E-state index is 10.3. The topological polar surface area (TPSA) is 29.5 Å². The minimum Gasteiger partial charge on any atom is -0.387 e. The van der Waals surface area contributed by atoms with E-state index in [0.717, 1.165) is 5.56 Å². The summed E-state index contributed by atoms with van der Waals surface area (Å²) in [5.74, 6) is 0.544. The summed E-state index contributed by atoms with van der Waals surface area (Å²) in [4.78, 5) is 0. The molecule has 0 aliphatic heterocycles. The number of rotatable bonds is 5. The van der Waals surface area contributed by atoms with Crippen LogP contribution in [0.25, 0.3) is 0 Å². The van der Waals surface area contributed by atoms with Gasteiger partial charge in [-0.3, -0.25) is 0 Å². The van der Waals surface area contributed by atoms with Gasteiger partial charge in [-0.15, -0.1) is 0 Å². The maximum absolute atomic E-state index is 10.3. The molecule has 0 aliphatic carbocycles. The first-order chi connectivity index (χ1) is 7.86. The molecule has 0 aromatic heterocycles. The summed E-state index contributed by atoms with van der Waals surface area (Å²) in [6, 6.07) is 8.44. The lowest BCUT2D eigenvalue weighted by Gasteiger charge is -2.29. The van der Waals surface area contributed by atoms with Crippen LogP contribution in [-0.4, -0.2) is 23.9 Å². The Morgan fingerprint density at radius 3 is 2.12 bits per heavy atom. The van der Waals surface area contributed by atoms with Crippen molar-refractivity contribution in [1.82, 2.24) is 0 Å². The maximum Gasteiger partial charge on any atom is 0.0917 e. The van der Waals surface area contributed by atoms with Gasteiger partial charge in [-0.25, -0.2) is 0 Å². The zero-order chi connectivity index (χ0) is 13.1. The fourth-order valence-corrected chi connectivity index (χ4v) is 1.83. The van der Waals surface area contributed by atoms with E-state index >= 15 is 0 Å². The molecule has 1 aromatic carbocycles. The lowest BCUT2D eigenvalue weighted by atomic mass is 9.90. The molecule has 1 aromatic rings. The number of benzene rings is 1. The molecular weight excluding hydrogens is 212 g/mol. The smallest absolute Gasteiger partial charge is 0.0917 e. The van der Waals surface area contributed by atoms with Gasteiger partial charge >= 0.3 is 0 Å². The molecule has 0 aliphatic rings. The second-order valence-electron chi connectivity index (χ2n) is 5.31. The Bertz CT molecular complexity index is 338. The molecule has 0 bridgehead atoms. The Morgan fingerprint density at radius 1 is 1.18 bits per heavy atom. The van der Waals surface area contributed by atoms with Crippen molar-refractivity contribution in [2.45, 2.75) is 51.7 Å². The summed E-state index contributed by atoms with van der Waals surface area (Å²) in [5.41, 5.74) is 1.64. The third-order valence-corrected chi connectivity index (χ3v) is 3.44. The van der Waals surface area contributed by atoms with Crippen LogP contribution in [0.15, 0.2) is 24.3 Å². The summed E-state index contributed by atoms with van der Waals surface area (Å²) < 4.78 is 5.20. The number of ether oxygens (including phenoxy) is 1. The molecule has 0 spiro atoms. The fraction of sp³-hybridized carbons (Fsp3) is 0.600. The molecule has 2 unspecified atom stereocenters. The average Bonchev–Trinajstić information content (AvgIpc) is 2.28. The second-order valence-corrected chi connectivity index (χ2v) is 5.31. The predicted molar refractivity (Wildman–Crippen MR) is 71.3 cm³/mol. The third kappa shape index (κ3) is 3.83. The lowest BCUT2D eigenvalue weighted by molar-refractivity contribution is -0.0715. The number of hydrogen-bond acceptors (Lipinski definition) is 2. The minimum absolute atomic E-state index is 0.174.